The Morgan fingerprint density at radius 2 is 1.97 bits per heavy atom. The molecule has 8 nitrogen and oxygen atoms in total. The first-order chi connectivity index (χ1) is 14.2. The van der Waals surface area contributed by atoms with Crippen LogP contribution in [0.1, 0.15) is 5.56 Å². The third-order valence-corrected chi connectivity index (χ3v) is 6.71. The Morgan fingerprint density at radius 1 is 1.23 bits per heavy atom. The van der Waals surface area contributed by atoms with Gasteiger partial charge >= 0.3 is 0 Å². The van der Waals surface area contributed by atoms with Crippen molar-refractivity contribution in [2.24, 2.45) is 0 Å². The smallest absolute Gasteiger partial charge is 0.269 e. The number of carbonyl (C=O) groups excluding carboxylic acids is 1. The molecule has 156 valence electrons. The van der Waals surface area contributed by atoms with Crippen molar-refractivity contribution >= 4 is 49.7 Å². The number of aryl methyl sites for hydroxylation is 1. The van der Waals surface area contributed by atoms with Crippen LogP contribution < -0.4 is 14.4 Å². The second-order valence-corrected chi connectivity index (χ2v) is 10.1. The van der Waals surface area contributed by atoms with Crippen LogP contribution in [0.25, 0.3) is 10.6 Å². The van der Waals surface area contributed by atoms with Gasteiger partial charge in [0.15, 0.2) is 6.10 Å². The number of nitrogens with one attached hydrogen (secondary N) is 1. The van der Waals surface area contributed by atoms with Crippen LogP contribution in [-0.2, 0) is 14.8 Å². The fraction of sp³-hybridized carbons (Fsp3) is 0.211. The molecule has 1 N–H and O–H groups in total. The lowest BCUT2D eigenvalue weighted by atomic mass is 10.2. The van der Waals surface area contributed by atoms with Crippen LogP contribution in [0.3, 0.4) is 0 Å². The molecule has 2 aromatic carbocycles. The highest BCUT2D eigenvalue weighted by Crippen LogP contribution is 2.37. The first-order valence-corrected chi connectivity index (χ1v) is 11.9. The molecule has 11 heteroatoms. The number of nitrogens with zero attached hydrogens (tertiary/aromatic N) is 3. The predicted molar refractivity (Wildman–Crippen MR) is 117 cm³/mol. The van der Waals surface area contributed by atoms with Crippen LogP contribution in [-0.4, -0.2) is 43.4 Å². The van der Waals surface area contributed by atoms with Gasteiger partial charge in [-0.2, -0.15) is 0 Å². The molecule has 0 saturated carbocycles. The number of halogens is 1. The summed E-state index contributed by atoms with van der Waals surface area (Å²) in [7, 11) is -3.64. The van der Waals surface area contributed by atoms with Gasteiger partial charge in [0.2, 0.25) is 15.2 Å². The highest BCUT2D eigenvalue weighted by molar-refractivity contribution is 7.92. The summed E-state index contributed by atoms with van der Waals surface area (Å²) >= 11 is 7.21. The number of benzene rings is 2. The van der Waals surface area contributed by atoms with E-state index in [1.54, 1.807) is 6.07 Å². The lowest BCUT2D eigenvalue weighted by molar-refractivity contribution is -0.122. The average Bonchev–Trinajstić information content (AvgIpc) is 3.15. The highest BCUT2D eigenvalue weighted by Gasteiger charge is 2.35. The minimum atomic E-state index is -3.64. The maximum Gasteiger partial charge on any atom is 0.269 e. The summed E-state index contributed by atoms with van der Waals surface area (Å²) in [6, 6.07) is 12.4. The van der Waals surface area contributed by atoms with Crippen LogP contribution in [0.4, 0.5) is 10.8 Å². The normalized spacial score (nSPS) is 16.0. The fourth-order valence-corrected chi connectivity index (χ4v) is 4.77. The van der Waals surface area contributed by atoms with Crippen molar-refractivity contribution < 1.29 is 17.9 Å². The third-order valence-electron chi connectivity index (χ3n) is 4.44. The number of hydrogen-bond donors (Lipinski definition) is 1. The average molecular weight is 465 g/mol. The molecular weight excluding hydrogens is 448 g/mol. The number of rotatable bonds is 4. The van der Waals surface area contributed by atoms with Gasteiger partial charge in [-0.25, -0.2) is 8.42 Å². The Kier molecular flexibility index (Phi) is 5.39. The Morgan fingerprint density at radius 3 is 2.67 bits per heavy atom. The molecule has 30 heavy (non-hydrogen) atoms. The van der Waals surface area contributed by atoms with E-state index in [4.69, 9.17) is 16.3 Å². The topological polar surface area (TPSA) is 101 Å². The highest BCUT2D eigenvalue weighted by atomic mass is 35.5. The Labute approximate surface area is 182 Å². The summed E-state index contributed by atoms with van der Waals surface area (Å²) in [4.78, 5) is 12.8. The van der Waals surface area contributed by atoms with E-state index in [-0.39, 0.29) is 12.3 Å². The summed E-state index contributed by atoms with van der Waals surface area (Å²) in [6.45, 7) is 1.81. The number of sulfonamides is 1. The van der Waals surface area contributed by atoms with Crippen LogP contribution in [0, 0.1) is 6.92 Å². The van der Waals surface area contributed by atoms with Gasteiger partial charge in [0.1, 0.15) is 10.8 Å². The zero-order chi connectivity index (χ0) is 21.5. The van der Waals surface area contributed by atoms with Crippen molar-refractivity contribution in [1.82, 2.24) is 10.2 Å². The van der Waals surface area contributed by atoms with Gasteiger partial charge in [-0.1, -0.05) is 52.8 Å². The van der Waals surface area contributed by atoms with Gasteiger partial charge in [-0.3, -0.25) is 14.4 Å². The molecular formula is C19H17ClN4O4S2. The molecule has 4 rings (SSSR count). The lowest BCUT2D eigenvalue weighted by Crippen LogP contribution is -2.48. The Balaban J connectivity index is 1.54. The Bertz CT molecular complexity index is 1210. The summed E-state index contributed by atoms with van der Waals surface area (Å²) in [5.74, 6) is -0.260. The zero-order valence-corrected chi connectivity index (χ0v) is 18.4. The van der Waals surface area contributed by atoms with Crippen molar-refractivity contribution in [3.05, 3.63) is 53.1 Å². The Hall–Kier alpha value is -2.69. The van der Waals surface area contributed by atoms with E-state index in [2.05, 4.69) is 15.5 Å². The van der Waals surface area contributed by atoms with Crippen LogP contribution in [0.2, 0.25) is 5.02 Å². The van der Waals surface area contributed by atoms with Crippen molar-refractivity contribution in [3.63, 3.8) is 0 Å². The molecule has 1 aliphatic heterocycles. The molecule has 0 aliphatic carbocycles. The molecule has 2 heterocycles. The summed E-state index contributed by atoms with van der Waals surface area (Å²) in [5, 5.41) is 12.1. The molecule has 1 amide bonds. The quantitative estimate of drug-likeness (QED) is 0.635. The summed E-state index contributed by atoms with van der Waals surface area (Å²) in [6.07, 6.45) is 0.0106. The molecule has 0 unspecified atom stereocenters. The number of fused-ring (bicyclic) bond motifs is 1. The standard InChI is InChI=1S/C19H17ClN4O4S2/c1-11-3-5-12(6-4-11)18-22-23-19(29-18)21-17(25)16-10-24(30(2,26)27)14-9-13(20)7-8-15(14)28-16/h3-9,16H,10H2,1-2H3,(H,21,23,25)/t16-/m1/s1. The fourth-order valence-electron chi connectivity index (χ4n) is 2.95. The van der Waals surface area contributed by atoms with Gasteiger partial charge in [0, 0.05) is 10.6 Å². The second kappa shape index (κ2) is 7.86. The van der Waals surface area contributed by atoms with E-state index < -0.39 is 22.0 Å². The number of aromatic nitrogens is 2. The number of amides is 1. The molecule has 3 aromatic rings. The maximum absolute atomic E-state index is 12.8. The maximum atomic E-state index is 12.8. The summed E-state index contributed by atoms with van der Waals surface area (Å²) in [5.41, 5.74) is 2.32. The van der Waals surface area contributed by atoms with E-state index in [0.29, 0.717) is 20.8 Å². The molecule has 0 fully saturated rings. The van der Waals surface area contributed by atoms with Gasteiger partial charge < -0.3 is 4.74 Å². The van der Waals surface area contributed by atoms with E-state index >= 15 is 0 Å². The zero-order valence-electron chi connectivity index (χ0n) is 16.0. The van der Waals surface area contributed by atoms with Gasteiger partial charge in [0.05, 0.1) is 18.5 Å². The third kappa shape index (κ3) is 4.25. The van der Waals surface area contributed by atoms with Crippen molar-refractivity contribution in [2.75, 3.05) is 22.4 Å². The molecule has 1 aliphatic rings. The van der Waals surface area contributed by atoms with Crippen LogP contribution in [0.15, 0.2) is 42.5 Å². The molecule has 0 bridgehead atoms. The second-order valence-electron chi connectivity index (χ2n) is 6.78. The van der Waals surface area contributed by atoms with E-state index in [9.17, 15) is 13.2 Å². The number of hydrogen-bond acceptors (Lipinski definition) is 7. The van der Waals surface area contributed by atoms with Gasteiger partial charge in [-0.15, -0.1) is 10.2 Å². The van der Waals surface area contributed by atoms with E-state index in [1.165, 1.54) is 23.5 Å². The van der Waals surface area contributed by atoms with Crippen LogP contribution in [0.5, 0.6) is 5.75 Å². The number of ether oxygens (including phenoxy) is 1. The lowest BCUT2D eigenvalue weighted by Gasteiger charge is -2.33. The number of anilines is 2. The van der Waals surface area contributed by atoms with Crippen LogP contribution >= 0.6 is 22.9 Å². The molecule has 1 atom stereocenters. The van der Waals surface area contributed by atoms with E-state index in [0.717, 1.165) is 21.7 Å². The van der Waals surface area contributed by atoms with Gasteiger partial charge in [0.25, 0.3) is 5.91 Å². The van der Waals surface area contributed by atoms with Crippen molar-refractivity contribution in [1.29, 1.82) is 0 Å². The number of carbonyl (C=O) groups is 1. The minimum absolute atomic E-state index is 0.179. The molecule has 1 aromatic heterocycles. The molecule has 0 saturated heterocycles. The largest absolute Gasteiger partial charge is 0.476 e. The van der Waals surface area contributed by atoms with Gasteiger partial charge in [-0.05, 0) is 25.1 Å². The van der Waals surface area contributed by atoms with E-state index in [1.807, 2.05) is 31.2 Å². The monoisotopic (exact) mass is 464 g/mol. The SMILES string of the molecule is Cc1ccc(-c2nnc(NC(=O)[C@H]3CN(S(C)(=O)=O)c4cc(Cl)ccc4O3)s2)cc1. The van der Waals surface area contributed by atoms with Crippen molar-refractivity contribution in [2.45, 2.75) is 13.0 Å². The van der Waals surface area contributed by atoms with Crippen molar-refractivity contribution in [3.8, 4) is 16.3 Å². The first-order valence-electron chi connectivity index (χ1n) is 8.86. The molecule has 0 spiro atoms. The summed E-state index contributed by atoms with van der Waals surface area (Å²) < 4.78 is 31.3. The molecule has 0 radical (unpaired) electrons. The first kappa shape index (κ1) is 20.6. The minimum Gasteiger partial charge on any atom is -0.476 e. The predicted octanol–water partition coefficient (Wildman–Crippen LogP) is 3.33.